The van der Waals surface area contributed by atoms with Crippen LogP contribution in [0.2, 0.25) is 0 Å². The zero-order chi connectivity index (χ0) is 14.6. The number of hydrogen-bond acceptors (Lipinski definition) is 3. The van der Waals surface area contributed by atoms with Crippen molar-refractivity contribution in [1.29, 1.82) is 0 Å². The van der Waals surface area contributed by atoms with E-state index in [-0.39, 0.29) is 34.3 Å². The highest BCUT2D eigenvalue weighted by Gasteiger charge is 2.19. The summed E-state index contributed by atoms with van der Waals surface area (Å²) < 4.78 is 14.0. The number of carbonyl (C=O) groups is 1. The maximum atomic E-state index is 14.1. The summed E-state index contributed by atoms with van der Waals surface area (Å²) in [7, 11) is 0. The van der Waals surface area contributed by atoms with Crippen LogP contribution in [0.1, 0.15) is 30.6 Å². The third kappa shape index (κ3) is 3.91. The predicted molar refractivity (Wildman–Crippen MR) is 75.0 cm³/mol. The maximum Gasteiger partial charge on any atom is 0.336 e. The van der Waals surface area contributed by atoms with Crippen molar-refractivity contribution >= 4 is 27.6 Å². The molecule has 1 atom stereocenters. The van der Waals surface area contributed by atoms with Crippen molar-refractivity contribution in [2.24, 2.45) is 5.92 Å². The zero-order valence-corrected chi connectivity index (χ0v) is 12.4. The molecule has 0 bridgehead atoms. The Kier molecular flexibility index (Phi) is 5.75. The van der Waals surface area contributed by atoms with Gasteiger partial charge >= 0.3 is 5.97 Å². The number of aliphatic hydroxyl groups excluding tert-OH is 1. The molecule has 0 aliphatic carbocycles. The molecule has 0 saturated carbocycles. The summed E-state index contributed by atoms with van der Waals surface area (Å²) in [4.78, 5) is 10.9. The van der Waals surface area contributed by atoms with Crippen LogP contribution in [0.25, 0.3) is 0 Å². The van der Waals surface area contributed by atoms with Gasteiger partial charge in [0.05, 0.1) is 15.7 Å². The third-order valence-corrected chi connectivity index (χ3v) is 3.67. The summed E-state index contributed by atoms with van der Waals surface area (Å²) in [6.07, 6.45) is 0.495. The first-order valence-electron chi connectivity index (χ1n) is 5.97. The molecular formula is C13H17BrFNO3. The van der Waals surface area contributed by atoms with Gasteiger partial charge in [0.25, 0.3) is 0 Å². The minimum atomic E-state index is -1.19. The van der Waals surface area contributed by atoms with Gasteiger partial charge < -0.3 is 15.5 Å². The van der Waals surface area contributed by atoms with Crippen molar-refractivity contribution in [2.75, 3.05) is 11.9 Å². The molecule has 0 saturated heterocycles. The first kappa shape index (κ1) is 15.9. The summed E-state index contributed by atoms with van der Waals surface area (Å²) in [5.74, 6) is -1.61. The van der Waals surface area contributed by atoms with Crippen molar-refractivity contribution in [3.05, 3.63) is 28.0 Å². The molecule has 0 spiro atoms. The van der Waals surface area contributed by atoms with Crippen LogP contribution in [0, 0.1) is 11.7 Å². The number of nitrogens with one attached hydrogen (secondary N) is 1. The first-order valence-corrected chi connectivity index (χ1v) is 6.76. The SMILES string of the molecule is CC(C)C(CCO)Nc1ccc(C(=O)O)c(Br)c1F. The molecule has 1 aromatic rings. The minimum Gasteiger partial charge on any atom is -0.478 e. The van der Waals surface area contributed by atoms with Crippen molar-refractivity contribution < 1.29 is 19.4 Å². The number of rotatable bonds is 6. The summed E-state index contributed by atoms with van der Waals surface area (Å²) in [5, 5.41) is 20.9. The molecule has 1 aromatic carbocycles. The Hall–Kier alpha value is -1.14. The van der Waals surface area contributed by atoms with Crippen molar-refractivity contribution in [3.8, 4) is 0 Å². The third-order valence-electron chi connectivity index (χ3n) is 2.90. The van der Waals surface area contributed by atoms with E-state index < -0.39 is 11.8 Å². The average molecular weight is 334 g/mol. The number of benzene rings is 1. The van der Waals surface area contributed by atoms with Crippen LogP contribution in [0.15, 0.2) is 16.6 Å². The smallest absolute Gasteiger partial charge is 0.336 e. The van der Waals surface area contributed by atoms with E-state index in [1.165, 1.54) is 12.1 Å². The number of anilines is 1. The van der Waals surface area contributed by atoms with Crippen LogP contribution >= 0.6 is 15.9 Å². The molecule has 0 radical (unpaired) electrons. The van der Waals surface area contributed by atoms with E-state index in [0.717, 1.165) is 0 Å². The van der Waals surface area contributed by atoms with Gasteiger partial charge in [-0.05, 0) is 40.4 Å². The average Bonchev–Trinajstić information content (AvgIpc) is 2.33. The van der Waals surface area contributed by atoms with Gasteiger partial charge in [-0.1, -0.05) is 13.8 Å². The fourth-order valence-corrected chi connectivity index (χ4v) is 2.25. The molecule has 0 fully saturated rings. The predicted octanol–water partition coefficient (Wildman–Crippen LogP) is 3.11. The highest BCUT2D eigenvalue weighted by Crippen LogP contribution is 2.28. The van der Waals surface area contributed by atoms with Gasteiger partial charge in [-0.2, -0.15) is 0 Å². The lowest BCUT2D eigenvalue weighted by Gasteiger charge is -2.23. The van der Waals surface area contributed by atoms with Gasteiger partial charge in [-0.25, -0.2) is 9.18 Å². The second kappa shape index (κ2) is 6.86. The normalized spacial score (nSPS) is 12.5. The lowest BCUT2D eigenvalue weighted by Crippen LogP contribution is -2.27. The molecule has 1 rings (SSSR count). The number of halogens is 2. The van der Waals surface area contributed by atoms with Gasteiger partial charge in [-0.3, -0.25) is 0 Å². The number of hydrogen-bond donors (Lipinski definition) is 3. The van der Waals surface area contributed by atoms with Crippen molar-refractivity contribution in [2.45, 2.75) is 26.3 Å². The van der Waals surface area contributed by atoms with Gasteiger partial charge in [0, 0.05) is 12.6 Å². The monoisotopic (exact) mass is 333 g/mol. The van der Waals surface area contributed by atoms with E-state index in [4.69, 9.17) is 10.2 Å². The summed E-state index contributed by atoms with van der Waals surface area (Å²) in [5.41, 5.74) is 0.107. The van der Waals surface area contributed by atoms with Gasteiger partial charge in [0.2, 0.25) is 0 Å². The van der Waals surface area contributed by atoms with E-state index >= 15 is 0 Å². The Morgan fingerprint density at radius 2 is 2.11 bits per heavy atom. The topological polar surface area (TPSA) is 69.6 Å². The Morgan fingerprint density at radius 3 is 2.58 bits per heavy atom. The van der Waals surface area contributed by atoms with E-state index in [0.29, 0.717) is 6.42 Å². The fraction of sp³-hybridized carbons (Fsp3) is 0.462. The number of aromatic carboxylic acids is 1. The number of carboxylic acids is 1. The van der Waals surface area contributed by atoms with Crippen LogP contribution in [0.5, 0.6) is 0 Å². The lowest BCUT2D eigenvalue weighted by molar-refractivity contribution is 0.0695. The van der Waals surface area contributed by atoms with Gasteiger partial charge in [0.15, 0.2) is 5.82 Å². The molecule has 0 aliphatic heterocycles. The molecule has 1 unspecified atom stereocenters. The molecular weight excluding hydrogens is 317 g/mol. The molecule has 6 heteroatoms. The molecule has 0 aliphatic rings. The second-order valence-electron chi connectivity index (χ2n) is 4.60. The summed E-state index contributed by atoms with van der Waals surface area (Å²) in [6, 6.07) is 2.66. The summed E-state index contributed by atoms with van der Waals surface area (Å²) >= 11 is 2.95. The second-order valence-corrected chi connectivity index (χ2v) is 5.39. The highest BCUT2D eigenvalue weighted by atomic mass is 79.9. The molecule has 0 heterocycles. The lowest BCUT2D eigenvalue weighted by atomic mass is 10.0. The highest BCUT2D eigenvalue weighted by molar-refractivity contribution is 9.10. The number of aliphatic hydroxyl groups is 1. The van der Waals surface area contributed by atoms with E-state index in [9.17, 15) is 9.18 Å². The van der Waals surface area contributed by atoms with Crippen molar-refractivity contribution in [3.63, 3.8) is 0 Å². The molecule has 0 amide bonds. The Morgan fingerprint density at radius 1 is 1.47 bits per heavy atom. The largest absolute Gasteiger partial charge is 0.478 e. The molecule has 3 N–H and O–H groups in total. The molecule has 4 nitrogen and oxygen atoms in total. The summed E-state index contributed by atoms with van der Waals surface area (Å²) in [6.45, 7) is 3.93. The van der Waals surface area contributed by atoms with Crippen LogP contribution < -0.4 is 5.32 Å². The minimum absolute atomic E-state index is 0.00580. The quantitative estimate of drug-likeness (QED) is 0.748. The fourth-order valence-electron chi connectivity index (χ4n) is 1.74. The van der Waals surface area contributed by atoms with Crippen molar-refractivity contribution in [1.82, 2.24) is 0 Å². The van der Waals surface area contributed by atoms with E-state index in [2.05, 4.69) is 21.2 Å². The van der Waals surface area contributed by atoms with Crippen LogP contribution in [0.3, 0.4) is 0 Å². The molecule has 0 aromatic heterocycles. The van der Waals surface area contributed by atoms with Crippen LogP contribution in [0.4, 0.5) is 10.1 Å². The van der Waals surface area contributed by atoms with E-state index in [1.807, 2.05) is 13.8 Å². The molecule has 106 valence electrons. The van der Waals surface area contributed by atoms with Crippen LogP contribution in [-0.4, -0.2) is 28.8 Å². The van der Waals surface area contributed by atoms with Gasteiger partial charge in [-0.15, -0.1) is 0 Å². The standard InChI is InChI=1S/C13H17BrFNO3/c1-7(2)9(5-6-17)16-10-4-3-8(13(18)19)11(14)12(10)15/h3-4,7,9,16-17H,5-6H2,1-2H3,(H,18,19). The Labute approximate surface area is 119 Å². The van der Waals surface area contributed by atoms with Gasteiger partial charge in [0.1, 0.15) is 0 Å². The Bertz CT molecular complexity index is 465. The van der Waals surface area contributed by atoms with Crippen LogP contribution in [-0.2, 0) is 0 Å². The molecule has 19 heavy (non-hydrogen) atoms. The first-order chi connectivity index (χ1) is 8.88. The Balaban J connectivity index is 3.02. The maximum absolute atomic E-state index is 14.1. The zero-order valence-electron chi connectivity index (χ0n) is 10.8. The number of carboxylic acid groups (broad SMARTS) is 1. The van der Waals surface area contributed by atoms with E-state index in [1.54, 1.807) is 0 Å².